The average molecular weight is 431 g/mol. The summed E-state index contributed by atoms with van der Waals surface area (Å²) in [5.74, 6) is -4.09. The number of esters is 1. The van der Waals surface area contributed by atoms with Crippen LogP contribution in [0.15, 0.2) is 71.7 Å². The summed E-state index contributed by atoms with van der Waals surface area (Å²) in [4.78, 5) is 23.9. The number of pyridine rings is 1. The Labute approximate surface area is 176 Å². The van der Waals surface area contributed by atoms with E-state index in [2.05, 4.69) is 0 Å². The van der Waals surface area contributed by atoms with Crippen LogP contribution < -0.4 is 10.3 Å². The predicted molar refractivity (Wildman–Crippen MR) is 108 cm³/mol. The van der Waals surface area contributed by atoms with E-state index in [0.717, 1.165) is 22.8 Å². The summed E-state index contributed by atoms with van der Waals surface area (Å²) in [5.41, 5.74) is -0.117. The smallest absolute Gasteiger partial charge is 0.338 e. The Morgan fingerprint density at radius 2 is 1.71 bits per heavy atom. The molecule has 0 amide bonds. The first kappa shape index (κ1) is 22.1. The van der Waals surface area contributed by atoms with Gasteiger partial charge < -0.3 is 14.0 Å². The molecule has 0 radical (unpaired) electrons. The van der Waals surface area contributed by atoms with E-state index in [4.69, 9.17) is 9.47 Å². The van der Waals surface area contributed by atoms with E-state index in [1.165, 1.54) is 36.5 Å². The van der Waals surface area contributed by atoms with Gasteiger partial charge in [0, 0.05) is 17.8 Å². The first-order chi connectivity index (χ1) is 14.8. The van der Waals surface area contributed by atoms with Crippen LogP contribution in [0.1, 0.15) is 28.4 Å². The molecule has 5 nitrogen and oxygen atoms in total. The molecule has 0 saturated carbocycles. The molecule has 1 aromatic heterocycles. The van der Waals surface area contributed by atoms with Crippen molar-refractivity contribution in [2.45, 2.75) is 26.0 Å². The summed E-state index contributed by atoms with van der Waals surface area (Å²) in [6, 6.07) is 13.0. The van der Waals surface area contributed by atoms with Gasteiger partial charge in [-0.05, 0) is 42.8 Å². The molecule has 0 spiro atoms. The van der Waals surface area contributed by atoms with Crippen LogP contribution in [-0.2, 0) is 23.8 Å². The highest BCUT2D eigenvalue weighted by atomic mass is 19.3. The third-order valence-corrected chi connectivity index (χ3v) is 4.47. The van der Waals surface area contributed by atoms with Crippen LogP contribution in [-0.4, -0.2) is 17.1 Å². The topological polar surface area (TPSA) is 57.5 Å². The van der Waals surface area contributed by atoms with Crippen molar-refractivity contribution in [2.75, 3.05) is 6.61 Å². The summed E-state index contributed by atoms with van der Waals surface area (Å²) >= 11 is 0. The van der Waals surface area contributed by atoms with Gasteiger partial charge in [0.15, 0.2) is 0 Å². The maximum atomic E-state index is 14.7. The summed E-state index contributed by atoms with van der Waals surface area (Å²) in [5, 5.41) is 0. The Balaban J connectivity index is 1.67. The fourth-order valence-corrected chi connectivity index (χ4v) is 2.83. The number of carbonyl (C=O) groups excluding carboxylic acids is 1. The predicted octanol–water partition coefficient (Wildman–Crippen LogP) is 4.54. The zero-order chi connectivity index (χ0) is 22.4. The van der Waals surface area contributed by atoms with Crippen LogP contribution >= 0.6 is 0 Å². The highest BCUT2D eigenvalue weighted by molar-refractivity contribution is 5.89. The van der Waals surface area contributed by atoms with Crippen LogP contribution in [0.3, 0.4) is 0 Å². The average Bonchev–Trinajstić information content (AvgIpc) is 2.75. The molecule has 0 atom stereocenters. The van der Waals surface area contributed by atoms with Crippen molar-refractivity contribution in [2.24, 2.45) is 0 Å². The Hall–Kier alpha value is -3.55. The lowest BCUT2D eigenvalue weighted by Crippen LogP contribution is -2.28. The first-order valence-electron chi connectivity index (χ1n) is 9.52. The minimum Gasteiger partial charge on any atom is -0.489 e. The fourth-order valence-electron chi connectivity index (χ4n) is 2.83. The molecular formula is C23H20F3NO4. The van der Waals surface area contributed by atoms with Gasteiger partial charge in [0.1, 0.15) is 18.2 Å². The van der Waals surface area contributed by atoms with Crippen molar-refractivity contribution in [3.8, 4) is 5.75 Å². The van der Waals surface area contributed by atoms with Crippen molar-refractivity contribution in [3.05, 3.63) is 99.7 Å². The Kier molecular flexibility index (Phi) is 6.79. The molecule has 1 heterocycles. The number of aromatic nitrogens is 1. The van der Waals surface area contributed by atoms with E-state index in [1.807, 2.05) is 0 Å². The molecule has 8 heteroatoms. The quantitative estimate of drug-likeness (QED) is 0.492. The molecule has 31 heavy (non-hydrogen) atoms. The molecule has 0 aliphatic carbocycles. The molecule has 3 aromatic rings. The number of halogens is 3. The zero-order valence-corrected chi connectivity index (χ0v) is 16.7. The number of ether oxygens (including phenoxy) is 2. The number of rotatable bonds is 8. The molecular weight excluding hydrogens is 411 g/mol. The third kappa shape index (κ3) is 5.75. The van der Waals surface area contributed by atoms with Crippen LogP contribution in [0.4, 0.5) is 13.2 Å². The van der Waals surface area contributed by atoms with Gasteiger partial charge in [0.2, 0.25) is 0 Å². The second-order valence-electron chi connectivity index (χ2n) is 6.75. The fraction of sp³-hybridized carbons (Fsp3) is 0.217. The van der Waals surface area contributed by atoms with Gasteiger partial charge in [-0.3, -0.25) is 4.79 Å². The standard InChI is InChI=1S/C23H20F3NO4/c1-2-30-22(29)17-5-7-18(8-6-17)23(25,26)15-27-12-11-20(13-21(27)28)31-14-16-3-9-19(24)10-4-16/h3-13H,2,14-15H2,1H3. The summed E-state index contributed by atoms with van der Waals surface area (Å²) in [6.45, 7) is 1.07. The number of hydrogen-bond donors (Lipinski definition) is 0. The number of nitrogens with zero attached hydrogens (tertiary/aromatic N) is 1. The molecule has 0 N–H and O–H groups in total. The van der Waals surface area contributed by atoms with Crippen LogP contribution in [0.25, 0.3) is 0 Å². The highest BCUT2D eigenvalue weighted by Crippen LogP contribution is 2.30. The highest BCUT2D eigenvalue weighted by Gasteiger charge is 2.32. The van der Waals surface area contributed by atoms with Crippen molar-refractivity contribution in [3.63, 3.8) is 0 Å². The molecule has 0 bridgehead atoms. The van der Waals surface area contributed by atoms with E-state index in [-0.39, 0.29) is 35.9 Å². The van der Waals surface area contributed by atoms with E-state index >= 15 is 0 Å². The second kappa shape index (κ2) is 9.51. The molecule has 0 aliphatic heterocycles. The third-order valence-electron chi connectivity index (χ3n) is 4.47. The van der Waals surface area contributed by atoms with Gasteiger partial charge in [0.25, 0.3) is 11.5 Å². The van der Waals surface area contributed by atoms with Gasteiger partial charge in [-0.25, -0.2) is 9.18 Å². The summed E-state index contributed by atoms with van der Waals surface area (Å²) in [6.07, 6.45) is 1.23. The number of carbonyl (C=O) groups is 1. The van der Waals surface area contributed by atoms with E-state index in [0.29, 0.717) is 5.56 Å². The van der Waals surface area contributed by atoms with E-state index < -0.39 is 24.0 Å². The van der Waals surface area contributed by atoms with Gasteiger partial charge in [-0.15, -0.1) is 0 Å². The van der Waals surface area contributed by atoms with E-state index in [1.54, 1.807) is 19.1 Å². The molecule has 162 valence electrons. The zero-order valence-electron chi connectivity index (χ0n) is 16.7. The largest absolute Gasteiger partial charge is 0.489 e. The minimum atomic E-state index is -3.34. The first-order valence-corrected chi connectivity index (χ1v) is 9.52. The SMILES string of the molecule is CCOC(=O)c1ccc(C(F)(F)Cn2ccc(OCc3ccc(F)cc3)cc2=O)cc1. The lowest BCUT2D eigenvalue weighted by molar-refractivity contribution is -0.0232. The van der Waals surface area contributed by atoms with Crippen molar-refractivity contribution >= 4 is 5.97 Å². The molecule has 2 aromatic carbocycles. The maximum absolute atomic E-state index is 14.7. The van der Waals surface area contributed by atoms with Gasteiger partial charge in [-0.2, -0.15) is 8.78 Å². The van der Waals surface area contributed by atoms with Crippen molar-refractivity contribution in [1.82, 2.24) is 4.57 Å². The van der Waals surface area contributed by atoms with E-state index in [9.17, 15) is 22.8 Å². The van der Waals surface area contributed by atoms with Gasteiger partial charge in [0.05, 0.1) is 18.7 Å². The second-order valence-corrected chi connectivity index (χ2v) is 6.75. The van der Waals surface area contributed by atoms with Crippen LogP contribution in [0.2, 0.25) is 0 Å². The summed E-state index contributed by atoms with van der Waals surface area (Å²) in [7, 11) is 0. The normalized spacial score (nSPS) is 11.2. The summed E-state index contributed by atoms with van der Waals surface area (Å²) < 4.78 is 53.4. The number of benzene rings is 2. The minimum absolute atomic E-state index is 0.104. The van der Waals surface area contributed by atoms with Gasteiger partial charge >= 0.3 is 5.97 Å². The van der Waals surface area contributed by atoms with Crippen LogP contribution in [0, 0.1) is 5.82 Å². The number of hydrogen-bond acceptors (Lipinski definition) is 4. The monoisotopic (exact) mass is 431 g/mol. The lowest BCUT2D eigenvalue weighted by Gasteiger charge is -2.18. The molecule has 0 saturated heterocycles. The Morgan fingerprint density at radius 3 is 2.32 bits per heavy atom. The van der Waals surface area contributed by atoms with Crippen LogP contribution in [0.5, 0.6) is 5.75 Å². The maximum Gasteiger partial charge on any atom is 0.338 e. The molecule has 0 fully saturated rings. The number of alkyl halides is 2. The Morgan fingerprint density at radius 1 is 1.03 bits per heavy atom. The Bertz CT molecular complexity index is 1090. The lowest BCUT2D eigenvalue weighted by atomic mass is 10.1. The molecule has 0 aliphatic rings. The van der Waals surface area contributed by atoms with Crippen molar-refractivity contribution in [1.29, 1.82) is 0 Å². The molecule has 0 unspecified atom stereocenters. The molecule has 3 rings (SSSR count). The van der Waals surface area contributed by atoms with Gasteiger partial charge in [-0.1, -0.05) is 24.3 Å². The van der Waals surface area contributed by atoms with Crippen molar-refractivity contribution < 1.29 is 27.4 Å².